The molecule has 2 aromatic rings. The van der Waals surface area contributed by atoms with Gasteiger partial charge in [0.1, 0.15) is 11.6 Å². The second-order valence-electron chi connectivity index (χ2n) is 3.71. The lowest BCUT2D eigenvalue weighted by Crippen LogP contribution is -1.99. The number of aromatic nitrogens is 1. The summed E-state index contributed by atoms with van der Waals surface area (Å²) in [6.07, 6.45) is 1.29. The molecular formula is C13H11ClN2O3. The Morgan fingerprint density at radius 2 is 2.16 bits per heavy atom. The maximum atomic E-state index is 10.7. The summed E-state index contributed by atoms with van der Waals surface area (Å²) < 4.78 is 5.05. The Labute approximate surface area is 114 Å². The van der Waals surface area contributed by atoms with E-state index in [-0.39, 0.29) is 5.56 Å². The van der Waals surface area contributed by atoms with E-state index in [0.29, 0.717) is 16.6 Å². The summed E-state index contributed by atoms with van der Waals surface area (Å²) in [5.74, 6) is 0.110. The number of nitrogens with zero attached hydrogens (tertiary/aromatic N) is 1. The molecule has 0 bridgehead atoms. The first-order valence-corrected chi connectivity index (χ1v) is 5.78. The quantitative estimate of drug-likeness (QED) is 0.899. The van der Waals surface area contributed by atoms with Crippen LogP contribution in [0.15, 0.2) is 36.5 Å². The number of hydrogen-bond donors (Lipinski definition) is 2. The molecule has 6 heteroatoms. The molecule has 0 aliphatic rings. The largest absolute Gasteiger partial charge is 0.495 e. The summed E-state index contributed by atoms with van der Waals surface area (Å²) in [5.41, 5.74) is 0.875. The van der Waals surface area contributed by atoms with Crippen LogP contribution in [0.1, 0.15) is 10.4 Å². The molecule has 0 aliphatic heterocycles. The number of halogens is 1. The fourth-order valence-electron chi connectivity index (χ4n) is 1.49. The van der Waals surface area contributed by atoms with Crippen LogP contribution in [0.4, 0.5) is 11.5 Å². The third-order valence-corrected chi connectivity index (χ3v) is 2.73. The van der Waals surface area contributed by atoms with Crippen LogP contribution in [0, 0.1) is 0 Å². The van der Waals surface area contributed by atoms with Crippen LogP contribution >= 0.6 is 11.6 Å². The highest BCUT2D eigenvalue weighted by atomic mass is 35.5. The lowest BCUT2D eigenvalue weighted by Gasteiger charge is -2.08. The van der Waals surface area contributed by atoms with Crippen molar-refractivity contribution in [2.24, 2.45) is 0 Å². The van der Waals surface area contributed by atoms with Crippen LogP contribution in [-0.4, -0.2) is 23.2 Å². The average molecular weight is 279 g/mol. The van der Waals surface area contributed by atoms with E-state index in [4.69, 9.17) is 21.4 Å². The Bertz CT molecular complexity index is 599. The van der Waals surface area contributed by atoms with Gasteiger partial charge in [0.15, 0.2) is 0 Å². The maximum Gasteiger partial charge on any atom is 0.337 e. The van der Waals surface area contributed by atoms with Crippen molar-refractivity contribution in [1.82, 2.24) is 4.98 Å². The van der Waals surface area contributed by atoms with Crippen LogP contribution in [0.5, 0.6) is 5.75 Å². The Balaban J connectivity index is 2.16. The van der Waals surface area contributed by atoms with E-state index in [1.807, 2.05) is 0 Å². The summed E-state index contributed by atoms with van der Waals surface area (Å²) in [7, 11) is 1.54. The van der Waals surface area contributed by atoms with Gasteiger partial charge in [0.2, 0.25) is 0 Å². The van der Waals surface area contributed by atoms with Gasteiger partial charge >= 0.3 is 5.97 Å². The van der Waals surface area contributed by atoms with Gasteiger partial charge in [0, 0.05) is 11.9 Å². The predicted molar refractivity (Wildman–Crippen MR) is 72.5 cm³/mol. The summed E-state index contributed by atoms with van der Waals surface area (Å²) in [6, 6.07) is 8.28. The van der Waals surface area contributed by atoms with Crippen LogP contribution < -0.4 is 10.1 Å². The number of ether oxygens (including phenoxy) is 1. The number of carboxylic acids is 1. The first kappa shape index (κ1) is 13.2. The third kappa shape index (κ3) is 3.14. The van der Waals surface area contributed by atoms with E-state index in [1.54, 1.807) is 31.4 Å². The van der Waals surface area contributed by atoms with E-state index >= 15 is 0 Å². The molecule has 2 N–H and O–H groups in total. The number of nitrogens with one attached hydrogen (secondary N) is 1. The molecule has 0 fully saturated rings. The molecule has 0 aliphatic carbocycles. The molecule has 2 rings (SSSR count). The maximum absolute atomic E-state index is 10.7. The molecular weight excluding hydrogens is 268 g/mol. The van der Waals surface area contributed by atoms with E-state index < -0.39 is 5.97 Å². The Morgan fingerprint density at radius 3 is 2.68 bits per heavy atom. The van der Waals surface area contributed by atoms with Gasteiger partial charge in [-0.2, -0.15) is 0 Å². The van der Waals surface area contributed by atoms with E-state index in [9.17, 15) is 4.79 Å². The van der Waals surface area contributed by atoms with Crippen molar-refractivity contribution in [2.45, 2.75) is 0 Å². The number of pyridine rings is 1. The summed E-state index contributed by atoms with van der Waals surface area (Å²) in [5, 5.41) is 12.3. The van der Waals surface area contributed by atoms with Gasteiger partial charge in [-0.3, -0.25) is 0 Å². The second kappa shape index (κ2) is 5.58. The number of methoxy groups -OCH3 is 1. The van der Waals surface area contributed by atoms with E-state index in [1.165, 1.54) is 12.3 Å². The first-order valence-electron chi connectivity index (χ1n) is 5.40. The zero-order chi connectivity index (χ0) is 13.8. The van der Waals surface area contributed by atoms with Gasteiger partial charge in [0.25, 0.3) is 0 Å². The molecule has 0 spiro atoms. The van der Waals surface area contributed by atoms with Crippen molar-refractivity contribution in [2.75, 3.05) is 12.4 Å². The fraction of sp³-hybridized carbons (Fsp3) is 0.0769. The molecule has 0 saturated heterocycles. The van der Waals surface area contributed by atoms with E-state index in [2.05, 4.69) is 10.3 Å². The van der Waals surface area contributed by atoms with Crippen LogP contribution in [0.25, 0.3) is 0 Å². The highest BCUT2D eigenvalue weighted by Gasteiger charge is 2.05. The van der Waals surface area contributed by atoms with Crippen molar-refractivity contribution < 1.29 is 14.6 Å². The summed E-state index contributed by atoms with van der Waals surface area (Å²) >= 11 is 6.00. The first-order chi connectivity index (χ1) is 9.10. The Hall–Kier alpha value is -2.27. The van der Waals surface area contributed by atoms with Crippen molar-refractivity contribution in [3.05, 3.63) is 47.1 Å². The number of aromatic carboxylic acids is 1. The van der Waals surface area contributed by atoms with Gasteiger partial charge in [-0.05, 0) is 30.3 Å². The SMILES string of the molecule is COc1ccc(Nc2ccc(C(=O)O)cn2)cc1Cl. The molecule has 0 unspecified atom stereocenters. The zero-order valence-electron chi connectivity index (χ0n) is 10.1. The van der Waals surface area contributed by atoms with Gasteiger partial charge < -0.3 is 15.2 Å². The lowest BCUT2D eigenvalue weighted by atomic mass is 10.2. The highest BCUT2D eigenvalue weighted by molar-refractivity contribution is 6.32. The standard InChI is InChI=1S/C13H11ClN2O3/c1-19-11-4-3-9(6-10(11)14)16-12-5-2-8(7-15-12)13(17)18/h2-7H,1H3,(H,15,16)(H,17,18). The second-order valence-corrected chi connectivity index (χ2v) is 4.12. The number of carbonyl (C=O) groups is 1. The van der Waals surface area contributed by atoms with Crippen molar-refractivity contribution >= 4 is 29.1 Å². The summed E-state index contributed by atoms with van der Waals surface area (Å²) in [4.78, 5) is 14.7. The Kier molecular flexibility index (Phi) is 3.87. The molecule has 1 aromatic carbocycles. The predicted octanol–water partition coefficient (Wildman–Crippen LogP) is 3.19. The molecule has 5 nitrogen and oxygen atoms in total. The van der Waals surface area contributed by atoms with Crippen molar-refractivity contribution in [1.29, 1.82) is 0 Å². The number of benzene rings is 1. The van der Waals surface area contributed by atoms with Gasteiger partial charge in [-0.1, -0.05) is 11.6 Å². The Morgan fingerprint density at radius 1 is 1.37 bits per heavy atom. The van der Waals surface area contributed by atoms with Crippen LogP contribution in [-0.2, 0) is 0 Å². The number of anilines is 2. The van der Waals surface area contributed by atoms with Gasteiger partial charge in [-0.15, -0.1) is 0 Å². The van der Waals surface area contributed by atoms with Crippen molar-refractivity contribution in [3.8, 4) is 5.75 Å². The smallest absolute Gasteiger partial charge is 0.337 e. The van der Waals surface area contributed by atoms with Gasteiger partial charge in [0.05, 0.1) is 17.7 Å². The minimum atomic E-state index is -1.01. The van der Waals surface area contributed by atoms with Crippen molar-refractivity contribution in [3.63, 3.8) is 0 Å². The molecule has 1 aromatic heterocycles. The van der Waals surface area contributed by atoms with Gasteiger partial charge in [-0.25, -0.2) is 9.78 Å². The summed E-state index contributed by atoms with van der Waals surface area (Å²) in [6.45, 7) is 0. The minimum Gasteiger partial charge on any atom is -0.495 e. The minimum absolute atomic E-state index is 0.137. The third-order valence-electron chi connectivity index (χ3n) is 2.43. The van der Waals surface area contributed by atoms with E-state index in [0.717, 1.165) is 5.69 Å². The number of rotatable bonds is 4. The normalized spacial score (nSPS) is 10.0. The fourth-order valence-corrected chi connectivity index (χ4v) is 1.74. The molecule has 0 radical (unpaired) electrons. The van der Waals surface area contributed by atoms with Crippen LogP contribution in [0.2, 0.25) is 5.02 Å². The topological polar surface area (TPSA) is 71.5 Å². The lowest BCUT2D eigenvalue weighted by molar-refractivity contribution is 0.0696. The molecule has 19 heavy (non-hydrogen) atoms. The highest BCUT2D eigenvalue weighted by Crippen LogP contribution is 2.28. The number of hydrogen-bond acceptors (Lipinski definition) is 4. The molecule has 1 heterocycles. The number of carboxylic acid groups (broad SMARTS) is 1. The molecule has 0 amide bonds. The van der Waals surface area contributed by atoms with Crippen LogP contribution in [0.3, 0.4) is 0 Å². The molecule has 0 saturated carbocycles. The molecule has 98 valence electrons. The zero-order valence-corrected chi connectivity index (χ0v) is 10.8. The molecule has 0 atom stereocenters. The average Bonchev–Trinajstić information content (AvgIpc) is 2.39. The monoisotopic (exact) mass is 278 g/mol.